The lowest BCUT2D eigenvalue weighted by molar-refractivity contribution is -0.159. The van der Waals surface area contributed by atoms with Gasteiger partial charge in [0.25, 0.3) is 0 Å². The van der Waals surface area contributed by atoms with Crippen LogP contribution in [-0.4, -0.2) is 30.8 Å². The van der Waals surface area contributed by atoms with Crippen molar-refractivity contribution in [2.24, 2.45) is 0 Å². The molecule has 0 fully saturated rings. The highest BCUT2D eigenvalue weighted by Crippen LogP contribution is 2.12. The molecule has 6 nitrogen and oxygen atoms in total. The van der Waals surface area contributed by atoms with E-state index in [2.05, 4.69) is 25.5 Å². The van der Waals surface area contributed by atoms with Gasteiger partial charge >= 0.3 is 17.9 Å². The van der Waals surface area contributed by atoms with Gasteiger partial charge in [-0.1, -0.05) is 195 Å². The molecule has 0 bridgehead atoms. The van der Waals surface area contributed by atoms with Gasteiger partial charge in [0, 0.05) is 25.7 Å². The molecule has 0 aliphatic carbocycles. The molecule has 286 valence electrons. The van der Waals surface area contributed by atoms with Crippen molar-refractivity contribution in [2.45, 2.75) is 240 Å². The Kier molecular flexibility index (Phi) is 50.0. The van der Waals surface area contributed by atoms with E-state index < -0.39 is 5.97 Å². The van der Waals surface area contributed by atoms with Gasteiger partial charge in [0.05, 0.1) is 6.61 Å². The highest BCUT2D eigenvalue weighted by molar-refractivity contribution is 5.85. The SMILES string of the molecule is CCCCCCCCCCCC(=O)OC(=O)CC.CCCCCCCCCCCC=O.CCCCCCCCCCCCOC(=O)CC. The van der Waals surface area contributed by atoms with Crippen LogP contribution in [-0.2, 0) is 28.7 Å². The van der Waals surface area contributed by atoms with E-state index in [0.717, 1.165) is 38.4 Å². The fourth-order valence-corrected chi connectivity index (χ4v) is 5.25. The molecule has 0 amide bonds. The number of unbranched alkanes of at least 4 members (excludes halogenated alkanes) is 26. The quantitative estimate of drug-likeness (QED) is 0.0296. The van der Waals surface area contributed by atoms with Crippen molar-refractivity contribution in [1.29, 1.82) is 0 Å². The van der Waals surface area contributed by atoms with Crippen LogP contribution < -0.4 is 0 Å². The van der Waals surface area contributed by atoms with Crippen LogP contribution in [0.5, 0.6) is 0 Å². The Labute approximate surface area is 299 Å². The predicted molar refractivity (Wildman–Crippen MR) is 204 cm³/mol. The van der Waals surface area contributed by atoms with Crippen LogP contribution in [0.2, 0.25) is 0 Å². The fraction of sp³-hybridized carbons (Fsp3) is 0.905. The minimum Gasteiger partial charge on any atom is -0.466 e. The van der Waals surface area contributed by atoms with E-state index in [1.807, 2.05) is 6.92 Å². The zero-order valence-corrected chi connectivity index (χ0v) is 32.9. The molecule has 0 spiro atoms. The molecule has 0 rings (SSSR count). The largest absolute Gasteiger partial charge is 0.466 e. The van der Waals surface area contributed by atoms with Gasteiger partial charge in [-0.25, -0.2) is 0 Å². The first-order chi connectivity index (χ1) is 23.4. The van der Waals surface area contributed by atoms with Crippen LogP contribution in [0, 0.1) is 0 Å². The zero-order chi connectivity index (χ0) is 36.2. The Bertz CT molecular complexity index is 663. The number of hydrogen-bond acceptors (Lipinski definition) is 6. The Balaban J connectivity index is -0.000000642. The third-order valence-corrected chi connectivity index (χ3v) is 8.48. The van der Waals surface area contributed by atoms with Gasteiger partial charge in [0.1, 0.15) is 6.29 Å². The monoisotopic (exact) mass is 683 g/mol. The molecule has 6 heteroatoms. The van der Waals surface area contributed by atoms with Gasteiger partial charge in [-0.15, -0.1) is 0 Å². The second-order valence-electron chi connectivity index (χ2n) is 13.3. The maximum atomic E-state index is 11.2. The summed E-state index contributed by atoms with van der Waals surface area (Å²) in [6.45, 7) is 10.9. The summed E-state index contributed by atoms with van der Waals surface area (Å²) in [5, 5.41) is 0. The van der Waals surface area contributed by atoms with Crippen molar-refractivity contribution < 1.29 is 28.7 Å². The molecule has 0 aliphatic heterocycles. The maximum Gasteiger partial charge on any atom is 0.313 e. The number of hydrogen-bond donors (Lipinski definition) is 0. The van der Waals surface area contributed by atoms with Gasteiger partial charge in [-0.05, 0) is 19.3 Å². The summed E-state index contributed by atoms with van der Waals surface area (Å²) >= 11 is 0. The Hall–Kier alpha value is -1.72. The van der Waals surface area contributed by atoms with E-state index in [4.69, 9.17) is 4.74 Å². The molecule has 0 aromatic carbocycles. The van der Waals surface area contributed by atoms with Crippen LogP contribution in [0.3, 0.4) is 0 Å². The molecule has 0 saturated heterocycles. The first-order valence-corrected chi connectivity index (χ1v) is 20.8. The molecular formula is C42H82O6. The molecule has 0 heterocycles. The number of esters is 3. The second kappa shape index (κ2) is 47.4. The van der Waals surface area contributed by atoms with Crippen LogP contribution in [0.4, 0.5) is 0 Å². The number of ether oxygens (including phenoxy) is 2. The summed E-state index contributed by atoms with van der Waals surface area (Å²) in [4.78, 5) is 42.9. The number of carbonyl (C=O) groups excluding carboxylic acids is 4. The minimum atomic E-state index is -0.420. The fourth-order valence-electron chi connectivity index (χ4n) is 5.25. The maximum absolute atomic E-state index is 11.2. The number of aldehydes is 1. The summed E-state index contributed by atoms with van der Waals surface area (Å²) in [6.07, 6.45) is 39.0. The molecule has 0 saturated carbocycles. The first kappa shape index (κ1) is 50.7. The predicted octanol–water partition coefficient (Wildman–Crippen LogP) is 13.4. The van der Waals surface area contributed by atoms with E-state index in [1.165, 1.54) is 154 Å². The lowest BCUT2D eigenvalue weighted by Crippen LogP contribution is -2.10. The van der Waals surface area contributed by atoms with Crippen molar-refractivity contribution in [1.82, 2.24) is 0 Å². The highest BCUT2D eigenvalue weighted by Gasteiger charge is 2.07. The summed E-state index contributed by atoms with van der Waals surface area (Å²) in [5.41, 5.74) is 0. The second-order valence-corrected chi connectivity index (χ2v) is 13.3. The van der Waals surface area contributed by atoms with E-state index >= 15 is 0 Å². The Morgan fingerprint density at radius 3 is 1.08 bits per heavy atom. The molecule has 0 aromatic rings. The minimum absolute atomic E-state index is 0.0686. The third-order valence-electron chi connectivity index (χ3n) is 8.48. The Morgan fingerprint density at radius 1 is 0.396 bits per heavy atom. The van der Waals surface area contributed by atoms with Crippen molar-refractivity contribution >= 4 is 24.2 Å². The van der Waals surface area contributed by atoms with Crippen molar-refractivity contribution in [2.75, 3.05) is 6.61 Å². The summed E-state index contributed by atoms with van der Waals surface area (Å²) in [6, 6.07) is 0. The van der Waals surface area contributed by atoms with E-state index in [0.29, 0.717) is 19.4 Å². The van der Waals surface area contributed by atoms with Crippen LogP contribution >= 0.6 is 0 Å². The molecule has 48 heavy (non-hydrogen) atoms. The first-order valence-electron chi connectivity index (χ1n) is 20.8. The standard InChI is InChI=1S/C15H28O3.C15H30O2.C12H24O/c1-3-5-6-7-8-9-10-11-12-13-15(17)18-14(16)4-2;1-3-5-6-7-8-9-10-11-12-13-14-17-15(16)4-2;1-2-3-4-5-6-7-8-9-10-11-12-13/h3-13H2,1-2H3;3-14H2,1-2H3;12H,2-11H2,1H3. The van der Waals surface area contributed by atoms with Crippen LogP contribution in [0.15, 0.2) is 0 Å². The number of rotatable bonds is 33. The summed E-state index contributed by atoms with van der Waals surface area (Å²) in [5.74, 6) is -0.860. The molecule has 0 aliphatic rings. The van der Waals surface area contributed by atoms with Gasteiger partial charge in [0.15, 0.2) is 0 Å². The number of carbonyl (C=O) groups is 4. The van der Waals surface area contributed by atoms with Crippen LogP contribution in [0.25, 0.3) is 0 Å². The molecule has 0 atom stereocenters. The van der Waals surface area contributed by atoms with Crippen LogP contribution in [0.1, 0.15) is 240 Å². The van der Waals surface area contributed by atoms with Gasteiger partial charge in [0.2, 0.25) is 0 Å². The van der Waals surface area contributed by atoms with Crippen molar-refractivity contribution in [3.63, 3.8) is 0 Å². The molecule has 0 unspecified atom stereocenters. The zero-order valence-electron chi connectivity index (χ0n) is 32.9. The topological polar surface area (TPSA) is 86.7 Å². The van der Waals surface area contributed by atoms with Crippen molar-refractivity contribution in [3.05, 3.63) is 0 Å². The smallest absolute Gasteiger partial charge is 0.313 e. The van der Waals surface area contributed by atoms with Gasteiger partial charge in [-0.3, -0.25) is 14.4 Å². The molecule has 0 radical (unpaired) electrons. The molecular weight excluding hydrogens is 600 g/mol. The average Bonchev–Trinajstić information content (AvgIpc) is 3.09. The summed E-state index contributed by atoms with van der Waals surface area (Å²) < 4.78 is 9.62. The van der Waals surface area contributed by atoms with Gasteiger partial charge < -0.3 is 14.3 Å². The third kappa shape index (κ3) is 51.1. The highest BCUT2D eigenvalue weighted by atomic mass is 16.6. The average molecular weight is 683 g/mol. The lowest BCUT2D eigenvalue weighted by atomic mass is 10.1. The van der Waals surface area contributed by atoms with E-state index in [1.54, 1.807) is 6.92 Å². The van der Waals surface area contributed by atoms with E-state index in [-0.39, 0.29) is 18.4 Å². The lowest BCUT2D eigenvalue weighted by Gasteiger charge is -2.03. The Morgan fingerprint density at radius 2 is 0.729 bits per heavy atom. The summed E-state index contributed by atoms with van der Waals surface area (Å²) in [7, 11) is 0. The molecule has 0 aromatic heterocycles. The van der Waals surface area contributed by atoms with Gasteiger partial charge in [-0.2, -0.15) is 0 Å². The molecule has 0 N–H and O–H groups in total. The van der Waals surface area contributed by atoms with E-state index in [9.17, 15) is 19.2 Å². The van der Waals surface area contributed by atoms with Crippen molar-refractivity contribution in [3.8, 4) is 0 Å². The normalized spacial score (nSPS) is 10.4.